The van der Waals surface area contributed by atoms with Gasteiger partial charge in [0.1, 0.15) is 11.5 Å². The summed E-state index contributed by atoms with van der Waals surface area (Å²) in [5, 5.41) is 2.76. The number of hydrogen-bond donors (Lipinski definition) is 1. The number of anilines is 1. The number of benzene rings is 2. The lowest BCUT2D eigenvalue weighted by molar-refractivity contribution is -0.116. The quantitative estimate of drug-likeness (QED) is 0.751. The molecule has 2 rings (SSSR count). The summed E-state index contributed by atoms with van der Waals surface area (Å²) in [7, 11) is 1.58. The molecule has 0 saturated carbocycles. The maximum atomic E-state index is 12.1. The third kappa shape index (κ3) is 5.12. The first-order valence-electron chi connectivity index (χ1n) is 7.82. The molecular formula is C19H21NO4. The van der Waals surface area contributed by atoms with Crippen LogP contribution in [-0.2, 0) is 4.79 Å². The van der Waals surface area contributed by atoms with Crippen LogP contribution >= 0.6 is 0 Å². The van der Waals surface area contributed by atoms with Crippen molar-refractivity contribution in [2.24, 2.45) is 0 Å². The molecule has 0 fully saturated rings. The number of Topliss-reactive ketones (excluding diaryl/α,β-unsaturated/α-hetero) is 1. The van der Waals surface area contributed by atoms with Crippen molar-refractivity contribution in [2.75, 3.05) is 19.0 Å². The highest BCUT2D eigenvalue weighted by Gasteiger charge is 2.10. The molecule has 2 aromatic carbocycles. The van der Waals surface area contributed by atoms with Crippen LogP contribution < -0.4 is 14.8 Å². The summed E-state index contributed by atoms with van der Waals surface area (Å²) in [5.41, 5.74) is 1.25. The molecule has 0 aromatic heterocycles. The zero-order valence-corrected chi connectivity index (χ0v) is 13.9. The van der Waals surface area contributed by atoms with Gasteiger partial charge in [-0.1, -0.05) is 0 Å². The first-order chi connectivity index (χ1) is 11.6. The van der Waals surface area contributed by atoms with Crippen LogP contribution in [0.1, 0.15) is 30.1 Å². The van der Waals surface area contributed by atoms with E-state index in [2.05, 4.69) is 5.32 Å². The summed E-state index contributed by atoms with van der Waals surface area (Å²) in [6.45, 7) is 2.49. The van der Waals surface area contributed by atoms with E-state index in [0.29, 0.717) is 17.9 Å². The Morgan fingerprint density at radius 2 is 1.54 bits per heavy atom. The van der Waals surface area contributed by atoms with E-state index in [9.17, 15) is 9.59 Å². The molecule has 0 radical (unpaired) electrons. The van der Waals surface area contributed by atoms with E-state index in [1.54, 1.807) is 55.6 Å². The number of ketones is 1. The first-order valence-corrected chi connectivity index (χ1v) is 7.82. The van der Waals surface area contributed by atoms with Crippen molar-refractivity contribution in [3.05, 3.63) is 54.1 Å². The van der Waals surface area contributed by atoms with Crippen LogP contribution in [0, 0.1) is 0 Å². The number of methoxy groups -OCH3 is 1. The van der Waals surface area contributed by atoms with Crippen LogP contribution in [0.15, 0.2) is 48.5 Å². The Balaban J connectivity index is 1.82. The second kappa shape index (κ2) is 8.72. The van der Waals surface area contributed by atoms with Gasteiger partial charge in [0.15, 0.2) is 5.78 Å². The normalized spacial score (nSPS) is 10.1. The molecule has 1 amide bonds. The number of hydrogen-bond acceptors (Lipinski definition) is 4. The zero-order chi connectivity index (χ0) is 17.4. The van der Waals surface area contributed by atoms with Crippen LogP contribution in [-0.4, -0.2) is 25.4 Å². The van der Waals surface area contributed by atoms with E-state index in [1.807, 2.05) is 6.92 Å². The van der Waals surface area contributed by atoms with Gasteiger partial charge in [0.25, 0.3) is 0 Å². The highest BCUT2D eigenvalue weighted by atomic mass is 16.5. The minimum atomic E-state index is -0.195. The van der Waals surface area contributed by atoms with Crippen LogP contribution in [0.2, 0.25) is 0 Å². The molecule has 0 atom stereocenters. The summed E-state index contributed by atoms with van der Waals surface area (Å²) in [5.74, 6) is 1.19. The van der Waals surface area contributed by atoms with Gasteiger partial charge in [-0.25, -0.2) is 0 Å². The molecule has 24 heavy (non-hydrogen) atoms. The predicted molar refractivity (Wildman–Crippen MR) is 92.8 cm³/mol. The molecule has 0 saturated heterocycles. The van der Waals surface area contributed by atoms with E-state index in [-0.39, 0.29) is 24.5 Å². The molecule has 0 aliphatic rings. The van der Waals surface area contributed by atoms with Crippen molar-refractivity contribution in [3.63, 3.8) is 0 Å². The van der Waals surface area contributed by atoms with Crippen molar-refractivity contribution < 1.29 is 19.1 Å². The lowest BCUT2D eigenvalue weighted by atomic mass is 10.1. The molecule has 0 aliphatic heterocycles. The minimum Gasteiger partial charge on any atom is -0.497 e. The fourth-order valence-electron chi connectivity index (χ4n) is 2.17. The molecule has 0 heterocycles. The fourth-order valence-corrected chi connectivity index (χ4v) is 2.17. The highest BCUT2D eigenvalue weighted by Crippen LogP contribution is 2.16. The topological polar surface area (TPSA) is 64.6 Å². The second-order valence-electron chi connectivity index (χ2n) is 5.16. The lowest BCUT2D eigenvalue weighted by Gasteiger charge is -2.07. The van der Waals surface area contributed by atoms with Gasteiger partial charge in [0.05, 0.1) is 13.7 Å². The van der Waals surface area contributed by atoms with Crippen LogP contribution in [0.3, 0.4) is 0 Å². The Hall–Kier alpha value is -2.82. The first kappa shape index (κ1) is 17.5. The van der Waals surface area contributed by atoms with Gasteiger partial charge in [-0.05, 0) is 55.5 Å². The van der Waals surface area contributed by atoms with Gasteiger partial charge in [0.2, 0.25) is 5.91 Å². The standard InChI is InChI=1S/C19H21NO4/c1-3-24-17-8-4-14(5-9-17)18(21)12-13-19(22)20-15-6-10-16(23-2)11-7-15/h4-11H,3,12-13H2,1-2H3,(H,20,22). The van der Waals surface area contributed by atoms with Crippen molar-refractivity contribution in [3.8, 4) is 11.5 Å². The predicted octanol–water partition coefficient (Wildman–Crippen LogP) is 3.70. The maximum Gasteiger partial charge on any atom is 0.224 e. The van der Waals surface area contributed by atoms with Crippen molar-refractivity contribution in [2.45, 2.75) is 19.8 Å². The SMILES string of the molecule is CCOc1ccc(C(=O)CCC(=O)Nc2ccc(OC)cc2)cc1. The molecule has 0 aliphatic carbocycles. The number of ether oxygens (including phenoxy) is 2. The zero-order valence-electron chi connectivity index (χ0n) is 13.9. The Bertz CT molecular complexity index is 678. The van der Waals surface area contributed by atoms with Crippen LogP contribution in [0.5, 0.6) is 11.5 Å². The molecule has 0 bridgehead atoms. The van der Waals surface area contributed by atoms with Gasteiger partial charge in [-0.2, -0.15) is 0 Å². The summed E-state index contributed by atoms with van der Waals surface area (Å²) in [6.07, 6.45) is 0.300. The Kier molecular flexibility index (Phi) is 6.37. The van der Waals surface area contributed by atoms with Crippen molar-refractivity contribution in [1.82, 2.24) is 0 Å². The minimum absolute atomic E-state index is 0.0667. The van der Waals surface area contributed by atoms with Gasteiger partial charge < -0.3 is 14.8 Å². The molecule has 2 aromatic rings. The van der Waals surface area contributed by atoms with Gasteiger partial charge in [-0.3, -0.25) is 9.59 Å². The Morgan fingerprint density at radius 1 is 0.917 bits per heavy atom. The summed E-state index contributed by atoms with van der Waals surface area (Å²) >= 11 is 0. The maximum absolute atomic E-state index is 12.1. The average molecular weight is 327 g/mol. The largest absolute Gasteiger partial charge is 0.497 e. The smallest absolute Gasteiger partial charge is 0.224 e. The number of nitrogens with one attached hydrogen (secondary N) is 1. The van der Waals surface area contributed by atoms with Gasteiger partial charge in [-0.15, -0.1) is 0 Å². The van der Waals surface area contributed by atoms with E-state index in [0.717, 1.165) is 11.5 Å². The molecule has 5 nitrogen and oxygen atoms in total. The van der Waals surface area contributed by atoms with Crippen molar-refractivity contribution >= 4 is 17.4 Å². The molecule has 0 unspecified atom stereocenters. The fraction of sp³-hybridized carbons (Fsp3) is 0.263. The monoisotopic (exact) mass is 327 g/mol. The lowest BCUT2D eigenvalue weighted by Crippen LogP contribution is -2.13. The average Bonchev–Trinajstić information content (AvgIpc) is 2.61. The second-order valence-corrected chi connectivity index (χ2v) is 5.16. The number of amides is 1. The van der Waals surface area contributed by atoms with Crippen LogP contribution in [0.4, 0.5) is 5.69 Å². The summed E-state index contributed by atoms with van der Waals surface area (Å²) in [4.78, 5) is 24.0. The van der Waals surface area contributed by atoms with Gasteiger partial charge in [0, 0.05) is 24.1 Å². The molecule has 5 heteroatoms. The summed E-state index contributed by atoms with van der Waals surface area (Å²) < 4.78 is 10.4. The van der Waals surface area contributed by atoms with Gasteiger partial charge >= 0.3 is 0 Å². The number of rotatable bonds is 8. The molecule has 126 valence electrons. The van der Waals surface area contributed by atoms with E-state index >= 15 is 0 Å². The Labute approximate surface area is 141 Å². The number of carbonyl (C=O) groups is 2. The van der Waals surface area contributed by atoms with Crippen molar-refractivity contribution in [1.29, 1.82) is 0 Å². The Morgan fingerprint density at radius 3 is 2.12 bits per heavy atom. The summed E-state index contributed by atoms with van der Waals surface area (Å²) in [6, 6.07) is 14.0. The van der Waals surface area contributed by atoms with E-state index < -0.39 is 0 Å². The van der Waals surface area contributed by atoms with E-state index in [1.165, 1.54) is 0 Å². The van der Waals surface area contributed by atoms with E-state index in [4.69, 9.17) is 9.47 Å². The number of carbonyl (C=O) groups excluding carboxylic acids is 2. The molecular weight excluding hydrogens is 306 g/mol. The highest BCUT2D eigenvalue weighted by molar-refractivity contribution is 6.00. The molecule has 1 N–H and O–H groups in total. The molecule has 0 spiro atoms. The third-order valence-electron chi connectivity index (χ3n) is 3.44. The third-order valence-corrected chi connectivity index (χ3v) is 3.44. The van der Waals surface area contributed by atoms with Crippen LogP contribution in [0.25, 0.3) is 0 Å².